The Hall–Kier alpha value is -2.86. The number of allylic oxidation sites excluding steroid dienone is 1. The lowest BCUT2D eigenvalue weighted by atomic mass is 9.83. The lowest BCUT2D eigenvalue weighted by molar-refractivity contribution is 0.174. The molecule has 3 aromatic rings. The molecular formula is C20H11BrCl2N4O3. The molecule has 0 bridgehead atoms. The van der Waals surface area contributed by atoms with E-state index in [1.165, 1.54) is 0 Å². The second-order valence-electron chi connectivity index (χ2n) is 6.59. The van der Waals surface area contributed by atoms with Crippen LogP contribution in [0.5, 0.6) is 17.4 Å². The van der Waals surface area contributed by atoms with Crippen LogP contribution in [0.15, 0.2) is 46.3 Å². The molecule has 1 aromatic heterocycles. The van der Waals surface area contributed by atoms with Crippen molar-refractivity contribution < 1.29 is 14.2 Å². The zero-order valence-electron chi connectivity index (χ0n) is 15.0. The number of nitriles is 1. The summed E-state index contributed by atoms with van der Waals surface area (Å²) in [5.41, 5.74) is 8.94. The van der Waals surface area contributed by atoms with E-state index in [0.29, 0.717) is 38.4 Å². The van der Waals surface area contributed by atoms with Gasteiger partial charge in [-0.15, -0.1) is 5.10 Å². The first kappa shape index (κ1) is 19.1. The number of hydrogen-bond donors (Lipinski definition) is 2. The Morgan fingerprint density at radius 3 is 2.70 bits per heavy atom. The van der Waals surface area contributed by atoms with E-state index in [0.717, 1.165) is 10.0 Å². The Morgan fingerprint density at radius 2 is 1.97 bits per heavy atom. The number of fused-ring (bicyclic) bond motifs is 2. The van der Waals surface area contributed by atoms with Gasteiger partial charge in [-0.2, -0.15) is 5.26 Å². The van der Waals surface area contributed by atoms with Crippen LogP contribution in [-0.4, -0.2) is 17.0 Å². The molecule has 0 aliphatic carbocycles. The molecule has 5 rings (SSSR count). The van der Waals surface area contributed by atoms with Gasteiger partial charge in [0.1, 0.15) is 11.6 Å². The van der Waals surface area contributed by atoms with Crippen molar-refractivity contribution in [1.82, 2.24) is 10.2 Å². The highest BCUT2D eigenvalue weighted by molar-refractivity contribution is 9.10. The predicted molar refractivity (Wildman–Crippen MR) is 114 cm³/mol. The molecule has 30 heavy (non-hydrogen) atoms. The number of H-pyrrole nitrogens is 1. The minimum absolute atomic E-state index is 0.0141. The van der Waals surface area contributed by atoms with Crippen molar-refractivity contribution in [3.8, 4) is 34.7 Å². The van der Waals surface area contributed by atoms with Crippen molar-refractivity contribution in [3.05, 3.63) is 67.4 Å². The van der Waals surface area contributed by atoms with Gasteiger partial charge in [-0.05, 0) is 35.9 Å². The summed E-state index contributed by atoms with van der Waals surface area (Å²) >= 11 is 16.1. The fraction of sp³-hybridized carbons (Fsp3) is 0.100. The van der Waals surface area contributed by atoms with Gasteiger partial charge >= 0.3 is 0 Å². The van der Waals surface area contributed by atoms with E-state index in [9.17, 15) is 5.26 Å². The van der Waals surface area contributed by atoms with Crippen LogP contribution in [0.2, 0.25) is 10.0 Å². The molecular weight excluding hydrogens is 495 g/mol. The van der Waals surface area contributed by atoms with Crippen LogP contribution in [0, 0.1) is 11.3 Å². The summed E-state index contributed by atoms with van der Waals surface area (Å²) in [6, 6.07) is 10.9. The molecule has 0 radical (unpaired) electrons. The van der Waals surface area contributed by atoms with Crippen LogP contribution < -0.4 is 19.9 Å². The van der Waals surface area contributed by atoms with Gasteiger partial charge in [0.15, 0.2) is 11.5 Å². The third kappa shape index (κ3) is 2.89. The first-order valence-electron chi connectivity index (χ1n) is 8.68. The zero-order valence-corrected chi connectivity index (χ0v) is 18.1. The Balaban J connectivity index is 1.76. The topological polar surface area (TPSA) is 106 Å². The molecule has 3 heterocycles. The highest BCUT2D eigenvalue weighted by Gasteiger charge is 2.37. The largest absolute Gasteiger partial charge is 0.454 e. The first-order chi connectivity index (χ1) is 14.5. The van der Waals surface area contributed by atoms with E-state index in [1.807, 2.05) is 6.07 Å². The molecule has 10 heteroatoms. The quantitative estimate of drug-likeness (QED) is 0.502. The number of aromatic amines is 1. The average Bonchev–Trinajstić information content (AvgIpc) is 3.33. The molecule has 1 unspecified atom stereocenters. The molecule has 1 atom stereocenters. The summed E-state index contributed by atoms with van der Waals surface area (Å²) < 4.78 is 17.3. The van der Waals surface area contributed by atoms with Crippen molar-refractivity contribution in [1.29, 1.82) is 5.26 Å². The number of nitrogens with two attached hydrogens (primary N) is 1. The number of rotatable bonds is 2. The maximum Gasteiger partial charge on any atom is 0.244 e. The summed E-state index contributed by atoms with van der Waals surface area (Å²) in [4.78, 5) is 0. The number of halogens is 3. The van der Waals surface area contributed by atoms with E-state index in [4.69, 9.17) is 43.1 Å². The van der Waals surface area contributed by atoms with Gasteiger partial charge in [0.05, 0.1) is 22.2 Å². The first-order valence-corrected chi connectivity index (χ1v) is 10.2. The van der Waals surface area contributed by atoms with E-state index in [-0.39, 0.29) is 24.1 Å². The molecule has 3 N–H and O–H groups in total. The smallest absolute Gasteiger partial charge is 0.244 e. The lowest BCUT2D eigenvalue weighted by Crippen LogP contribution is -2.21. The number of nitrogens with zero attached hydrogens (tertiary/aromatic N) is 2. The van der Waals surface area contributed by atoms with Gasteiger partial charge in [-0.1, -0.05) is 39.1 Å². The number of aromatic nitrogens is 2. The van der Waals surface area contributed by atoms with Crippen LogP contribution in [0.4, 0.5) is 0 Å². The van der Waals surface area contributed by atoms with E-state index < -0.39 is 5.92 Å². The average molecular weight is 506 g/mol. The maximum atomic E-state index is 9.88. The molecule has 0 saturated heterocycles. The van der Waals surface area contributed by atoms with Gasteiger partial charge in [0.2, 0.25) is 18.6 Å². The van der Waals surface area contributed by atoms with Gasteiger partial charge < -0.3 is 19.9 Å². The summed E-state index contributed by atoms with van der Waals surface area (Å²) in [5, 5.41) is 18.0. The minimum Gasteiger partial charge on any atom is -0.454 e. The van der Waals surface area contributed by atoms with Crippen LogP contribution in [-0.2, 0) is 0 Å². The summed E-state index contributed by atoms with van der Waals surface area (Å²) in [5.74, 6) is 0.859. The van der Waals surface area contributed by atoms with E-state index in [2.05, 4.69) is 32.2 Å². The van der Waals surface area contributed by atoms with Gasteiger partial charge in [0, 0.05) is 15.1 Å². The molecule has 2 aromatic carbocycles. The van der Waals surface area contributed by atoms with Crippen LogP contribution in [0.25, 0.3) is 11.3 Å². The summed E-state index contributed by atoms with van der Waals surface area (Å²) in [6.07, 6.45) is 0. The number of nitrogens with one attached hydrogen (secondary N) is 1. The fourth-order valence-electron chi connectivity index (χ4n) is 3.61. The Kier molecular flexibility index (Phi) is 4.54. The zero-order chi connectivity index (χ0) is 21.0. The minimum atomic E-state index is -0.580. The standard InChI is InChI=1S/C20H11BrCl2N4O3/c21-12-5-15-14(28-7-29-15)4-10(12)16-11(6-24)19(25)30-20-17(16)18(26-27-20)9-2-1-8(22)3-13(9)23/h1-5,16H,7,25H2,(H,26,27). The molecule has 0 amide bonds. The van der Waals surface area contributed by atoms with Gasteiger partial charge in [-0.3, -0.25) is 5.10 Å². The lowest BCUT2D eigenvalue weighted by Gasteiger charge is -2.25. The van der Waals surface area contributed by atoms with Crippen molar-refractivity contribution in [3.63, 3.8) is 0 Å². The predicted octanol–water partition coefficient (Wildman–Crippen LogP) is 5.09. The van der Waals surface area contributed by atoms with Crippen LogP contribution in [0.3, 0.4) is 0 Å². The fourth-order valence-corrected chi connectivity index (χ4v) is 4.66. The van der Waals surface area contributed by atoms with Crippen molar-refractivity contribution in [2.45, 2.75) is 5.92 Å². The molecule has 7 nitrogen and oxygen atoms in total. The number of benzene rings is 2. The Bertz CT molecular complexity index is 1280. The van der Waals surface area contributed by atoms with Crippen LogP contribution in [0.1, 0.15) is 17.0 Å². The van der Waals surface area contributed by atoms with Crippen molar-refractivity contribution >= 4 is 39.1 Å². The third-order valence-corrected chi connectivity index (χ3v) is 6.18. The molecule has 2 aliphatic heterocycles. The normalized spacial score (nSPS) is 16.8. The van der Waals surface area contributed by atoms with E-state index in [1.54, 1.807) is 24.3 Å². The molecule has 2 aliphatic rings. The maximum absolute atomic E-state index is 9.88. The number of ether oxygens (including phenoxy) is 3. The summed E-state index contributed by atoms with van der Waals surface area (Å²) in [6.45, 7) is 0.130. The second kappa shape index (κ2) is 7.13. The molecule has 0 saturated carbocycles. The van der Waals surface area contributed by atoms with Gasteiger partial charge in [-0.25, -0.2) is 0 Å². The summed E-state index contributed by atoms with van der Waals surface area (Å²) in [7, 11) is 0. The molecule has 150 valence electrons. The molecule has 0 fully saturated rings. The Morgan fingerprint density at radius 1 is 1.20 bits per heavy atom. The van der Waals surface area contributed by atoms with Gasteiger partial charge in [0.25, 0.3) is 0 Å². The third-order valence-electron chi connectivity index (χ3n) is 4.94. The number of hydrogen-bond acceptors (Lipinski definition) is 6. The highest BCUT2D eigenvalue weighted by atomic mass is 79.9. The van der Waals surface area contributed by atoms with E-state index >= 15 is 0 Å². The van der Waals surface area contributed by atoms with Crippen molar-refractivity contribution in [2.24, 2.45) is 5.73 Å². The molecule has 0 spiro atoms. The van der Waals surface area contributed by atoms with Crippen LogP contribution >= 0.6 is 39.1 Å². The SMILES string of the molecule is N#CC1=C(N)Oc2n[nH]c(-c3ccc(Cl)cc3Cl)c2C1c1cc2c(cc1Br)OCO2. The monoisotopic (exact) mass is 504 g/mol. The highest BCUT2D eigenvalue weighted by Crippen LogP contribution is 2.50. The Labute approximate surface area is 189 Å². The van der Waals surface area contributed by atoms with Crippen molar-refractivity contribution in [2.75, 3.05) is 6.79 Å². The second-order valence-corrected chi connectivity index (χ2v) is 8.29.